The van der Waals surface area contributed by atoms with Gasteiger partial charge in [0.25, 0.3) is 0 Å². The van der Waals surface area contributed by atoms with Gasteiger partial charge in [0.05, 0.1) is 6.20 Å². The van der Waals surface area contributed by atoms with Gasteiger partial charge in [-0.15, -0.1) is 0 Å². The number of hydrogen-bond donors (Lipinski definition) is 1. The zero-order chi connectivity index (χ0) is 15.2. The topological polar surface area (TPSA) is 59.9 Å². The highest BCUT2D eigenvalue weighted by Gasteiger charge is 2.06. The average Bonchev–Trinajstić information content (AvgIpc) is 2.57. The smallest absolute Gasteiger partial charge is 0.222 e. The normalized spacial score (nSPS) is 10.2. The summed E-state index contributed by atoms with van der Waals surface area (Å²) in [5.41, 5.74) is 0.767. The molecule has 2 aromatic heterocycles. The molecule has 0 spiro atoms. The Balaban J connectivity index is 1.67. The quantitative estimate of drug-likeness (QED) is 0.781. The zero-order valence-corrected chi connectivity index (χ0v) is 11.6. The van der Waals surface area contributed by atoms with Crippen molar-refractivity contribution in [3.63, 3.8) is 0 Å². The van der Waals surface area contributed by atoms with Gasteiger partial charge in [0.1, 0.15) is 5.75 Å². The van der Waals surface area contributed by atoms with E-state index in [0.29, 0.717) is 18.2 Å². The van der Waals surface area contributed by atoms with Crippen molar-refractivity contribution >= 4 is 5.95 Å². The molecule has 1 N–H and O–H groups in total. The lowest BCUT2D eigenvalue weighted by Crippen LogP contribution is -2.03. The summed E-state index contributed by atoms with van der Waals surface area (Å²) in [7, 11) is 0. The number of ether oxygens (including phenoxy) is 1. The summed E-state index contributed by atoms with van der Waals surface area (Å²) in [6, 6.07) is 9.97. The fourth-order valence-electron chi connectivity index (χ4n) is 1.84. The van der Waals surface area contributed by atoms with Crippen molar-refractivity contribution in [2.24, 2.45) is 0 Å². The summed E-state index contributed by atoms with van der Waals surface area (Å²) < 4.78 is 19.5. The van der Waals surface area contributed by atoms with Gasteiger partial charge in [-0.2, -0.15) is 0 Å². The van der Waals surface area contributed by atoms with Crippen LogP contribution in [0.25, 0.3) is 0 Å². The molecule has 110 valence electrons. The van der Waals surface area contributed by atoms with Crippen molar-refractivity contribution in [3.05, 3.63) is 72.6 Å². The number of nitrogens with zero attached hydrogens (tertiary/aromatic N) is 3. The summed E-state index contributed by atoms with van der Waals surface area (Å²) in [6.45, 7) is 0.425. The Kier molecular flexibility index (Phi) is 4.20. The van der Waals surface area contributed by atoms with Gasteiger partial charge >= 0.3 is 0 Å². The van der Waals surface area contributed by atoms with Crippen LogP contribution in [0.1, 0.15) is 5.56 Å². The Morgan fingerprint density at radius 3 is 2.64 bits per heavy atom. The van der Waals surface area contributed by atoms with Gasteiger partial charge in [-0.1, -0.05) is 6.07 Å². The highest BCUT2D eigenvalue weighted by Crippen LogP contribution is 2.24. The average molecular weight is 296 g/mol. The van der Waals surface area contributed by atoms with E-state index in [-0.39, 0.29) is 5.75 Å². The van der Waals surface area contributed by atoms with E-state index < -0.39 is 5.82 Å². The molecule has 0 radical (unpaired) electrons. The van der Waals surface area contributed by atoms with Crippen molar-refractivity contribution in [1.82, 2.24) is 15.0 Å². The second-order valence-electron chi connectivity index (χ2n) is 4.48. The van der Waals surface area contributed by atoms with Gasteiger partial charge in [0.15, 0.2) is 11.6 Å². The van der Waals surface area contributed by atoms with Crippen molar-refractivity contribution in [2.45, 2.75) is 6.54 Å². The predicted octanol–water partition coefficient (Wildman–Crippen LogP) is 3.42. The van der Waals surface area contributed by atoms with E-state index in [1.54, 1.807) is 48.9 Å². The molecule has 0 aliphatic rings. The van der Waals surface area contributed by atoms with Crippen LogP contribution in [-0.4, -0.2) is 15.0 Å². The number of pyridine rings is 1. The van der Waals surface area contributed by atoms with Crippen molar-refractivity contribution in [3.8, 4) is 11.5 Å². The van der Waals surface area contributed by atoms with Crippen LogP contribution in [0.2, 0.25) is 0 Å². The maximum atomic E-state index is 14.1. The molecule has 3 aromatic rings. The summed E-state index contributed by atoms with van der Waals surface area (Å²) in [4.78, 5) is 12.0. The molecular weight excluding hydrogens is 283 g/mol. The van der Waals surface area contributed by atoms with E-state index in [1.165, 1.54) is 12.3 Å². The number of nitrogens with one attached hydrogen (secondary N) is 1. The van der Waals surface area contributed by atoms with Gasteiger partial charge in [0, 0.05) is 25.1 Å². The highest BCUT2D eigenvalue weighted by atomic mass is 19.1. The molecule has 22 heavy (non-hydrogen) atoms. The number of hydrogen-bond acceptors (Lipinski definition) is 5. The first kappa shape index (κ1) is 13.9. The molecular formula is C16H13FN4O. The molecule has 0 amide bonds. The van der Waals surface area contributed by atoms with E-state index in [9.17, 15) is 4.39 Å². The maximum absolute atomic E-state index is 14.1. The molecule has 0 unspecified atom stereocenters. The van der Waals surface area contributed by atoms with Crippen molar-refractivity contribution < 1.29 is 9.13 Å². The van der Waals surface area contributed by atoms with Gasteiger partial charge in [-0.25, -0.2) is 14.4 Å². The molecule has 0 saturated carbocycles. The summed E-state index contributed by atoms with van der Waals surface area (Å²) in [5, 5.41) is 3.02. The first-order valence-electron chi connectivity index (χ1n) is 6.68. The molecule has 0 aliphatic carbocycles. The van der Waals surface area contributed by atoms with Crippen molar-refractivity contribution in [2.75, 3.05) is 5.32 Å². The minimum absolute atomic E-state index is 0.160. The largest absolute Gasteiger partial charge is 0.453 e. The van der Waals surface area contributed by atoms with Crippen LogP contribution in [-0.2, 0) is 6.54 Å². The monoisotopic (exact) mass is 296 g/mol. The molecule has 0 bridgehead atoms. The van der Waals surface area contributed by atoms with E-state index in [1.807, 2.05) is 0 Å². The first-order chi connectivity index (χ1) is 10.8. The molecule has 0 fully saturated rings. The second kappa shape index (κ2) is 6.62. The minimum atomic E-state index is -0.433. The van der Waals surface area contributed by atoms with Crippen LogP contribution in [0.3, 0.4) is 0 Å². The Morgan fingerprint density at radius 2 is 1.91 bits per heavy atom. The Morgan fingerprint density at radius 1 is 1.05 bits per heavy atom. The predicted molar refractivity (Wildman–Crippen MR) is 80.1 cm³/mol. The van der Waals surface area contributed by atoms with Crippen LogP contribution < -0.4 is 10.1 Å². The highest BCUT2D eigenvalue weighted by molar-refractivity contribution is 5.35. The second-order valence-corrected chi connectivity index (χ2v) is 4.48. The number of anilines is 1. The number of benzene rings is 1. The summed E-state index contributed by atoms with van der Waals surface area (Å²) in [6.07, 6.45) is 6.44. The van der Waals surface area contributed by atoms with E-state index in [4.69, 9.17) is 4.74 Å². The zero-order valence-electron chi connectivity index (χ0n) is 11.6. The Bertz CT molecular complexity index is 738. The third-order valence-electron chi connectivity index (χ3n) is 2.87. The van der Waals surface area contributed by atoms with Crippen LogP contribution in [0.5, 0.6) is 11.5 Å². The van der Waals surface area contributed by atoms with Gasteiger partial charge in [-0.05, 0) is 35.9 Å². The number of aromatic nitrogens is 3. The third kappa shape index (κ3) is 3.54. The Labute approximate surface area is 126 Å². The third-order valence-corrected chi connectivity index (χ3v) is 2.87. The van der Waals surface area contributed by atoms with Crippen LogP contribution in [0, 0.1) is 5.82 Å². The molecule has 5 nitrogen and oxygen atoms in total. The molecule has 2 heterocycles. The summed E-state index contributed by atoms with van der Waals surface area (Å²) in [5.74, 6) is 0.716. The molecule has 0 saturated heterocycles. The van der Waals surface area contributed by atoms with Crippen LogP contribution >= 0.6 is 0 Å². The lowest BCUT2D eigenvalue weighted by Gasteiger charge is -2.08. The van der Waals surface area contributed by atoms with Crippen molar-refractivity contribution in [1.29, 1.82) is 0 Å². The minimum Gasteiger partial charge on any atom is -0.453 e. The Hall–Kier alpha value is -3.02. The lowest BCUT2D eigenvalue weighted by molar-refractivity contribution is 0.440. The van der Waals surface area contributed by atoms with Gasteiger partial charge in [0.2, 0.25) is 5.95 Å². The maximum Gasteiger partial charge on any atom is 0.222 e. The summed E-state index contributed by atoms with van der Waals surface area (Å²) >= 11 is 0. The van der Waals surface area contributed by atoms with E-state index in [2.05, 4.69) is 20.3 Å². The first-order valence-corrected chi connectivity index (χ1v) is 6.68. The van der Waals surface area contributed by atoms with Gasteiger partial charge < -0.3 is 10.1 Å². The van der Waals surface area contributed by atoms with E-state index >= 15 is 0 Å². The lowest BCUT2D eigenvalue weighted by atomic mass is 10.2. The molecule has 0 atom stereocenters. The van der Waals surface area contributed by atoms with Crippen LogP contribution in [0.15, 0.2) is 61.2 Å². The number of rotatable bonds is 5. The molecule has 1 aromatic carbocycles. The molecule has 6 heteroatoms. The standard InChI is InChI=1S/C16H13FN4O/c17-14-9-12(10-21-16-19-7-2-8-20-16)4-5-15(14)22-13-3-1-6-18-11-13/h1-9,11H,10H2,(H,19,20,21). The SMILES string of the molecule is Fc1cc(CNc2ncccn2)ccc1Oc1cccnc1. The fourth-order valence-corrected chi connectivity index (χ4v) is 1.84. The van der Waals surface area contributed by atoms with E-state index in [0.717, 1.165) is 5.56 Å². The molecule has 3 rings (SSSR count). The van der Waals surface area contributed by atoms with Crippen LogP contribution in [0.4, 0.5) is 10.3 Å². The fraction of sp³-hybridized carbons (Fsp3) is 0.0625. The van der Waals surface area contributed by atoms with Gasteiger partial charge in [-0.3, -0.25) is 4.98 Å². The molecule has 0 aliphatic heterocycles. The number of halogens is 1.